The van der Waals surface area contributed by atoms with E-state index >= 15 is 0 Å². The van der Waals surface area contributed by atoms with E-state index in [9.17, 15) is 15.0 Å². The molecule has 0 spiro atoms. The van der Waals surface area contributed by atoms with E-state index in [-0.39, 0.29) is 62.7 Å². The van der Waals surface area contributed by atoms with E-state index in [0.717, 1.165) is 11.1 Å². The Morgan fingerprint density at radius 3 is 2.50 bits per heavy atom. The first-order chi connectivity index (χ1) is 7.18. The fourth-order valence-corrected chi connectivity index (χ4v) is 1.98. The fraction of sp³-hybridized carbons (Fsp3) is 0. The summed E-state index contributed by atoms with van der Waals surface area (Å²) in [5, 5.41) is 23.8. The smallest absolute Gasteiger partial charge is 0.545 e. The molecule has 0 amide bonds. The zero-order chi connectivity index (χ0) is 10.8. The number of carboxylic acids is 1. The number of rotatable bonds is 2. The Hall–Kier alpha value is -0.174. The number of hydrogen-bond acceptors (Lipinski definition) is 4. The summed E-state index contributed by atoms with van der Waals surface area (Å²) < 4.78 is 0. The quantitative estimate of drug-likeness (QED) is 0.666. The Kier molecular flexibility index (Phi) is 5.16. The topological polar surface area (TPSA) is 60.4 Å². The minimum Gasteiger partial charge on any atom is -0.545 e. The number of hydrogen-bond donors (Lipinski definition) is 1. The maximum atomic E-state index is 10.6. The van der Waals surface area contributed by atoms with Crippen molar-refractivity contribution in [3.8, 4) is 16.9 Å². The van der Waals surface area contributed by atoms with Crippen molar-refractivity contribution in [2.45, 2.75) is 0 Å². The number of carbonyl (C=O) groups is 1. The fourth-order valence-electron chi connectivity index (χ4n) is 1.31. The molecule has 0 saturated heterocycles. The van der Waals surface area contributed by atoms with Crippen molar-refractivity contribution in [1.29, 1.82) is 0 Å². The van der Waals surface area contributed by atoms with Gasteiger partial charge in [0.05, 0.1) is 5.97 Å². The zero-order valence-corrected chi connectivity index (χ0v) is 12.6. The predicted octanol–water partition coefficient (Wildman–Crippen LogP) is -1.51. The van der Waals surface area contributed by atoms with Gasteiger partial charge in [0.25, 0.3) is 0 Å². The molecule has 16 heavy (non-hydrogen) atoms. The van der Waals surface area contributed by atoms with Crippen LogP contribution in [0.1, 0.15) is 10.4 Å². The van der Waals surface area contributed by atoms with Gasteiger partial charge in [-0.25, -0.2) is 0 Å². The van der Waals surface area contributed by atoms with Gasteiger partial charge in [-0.2, -0.15) is 11.3 Å². The summed E-state index contributed by atoms with van der Waals surface area (Å²) >= 11 is 1.54. The average Bonchev–Trinajstić information content (AvgIpc) is 2.69. The Bertz CT molecular complexity index is 494. The molecule has 0 radical (unpaired) electrons. The zero-order valence-electron chi connectivity index (χ0n) is 8.64. The second kappa shape index (κ2) is 5.95. The first-order valence-corrected chi connectivity index (χ1v) is 5.19. The van der Waals surface area contributed by atoms with Crippen molar-refractivity contribution in [2.24, 2.45) is 0 Å². The summed E-state index contributed by atoms with van der Waals surface area (Å²) in [7, 11) is 0. The van der Waals surface area contributed by atoms with Gasteiger partial charge >= 0.3 is 51.4 Å². The van der Waals surface area contributed by atoms with Crippen LogP contribution in [0.4, 0.5) is 0 Å². The second-order valence-electron chi connectivity index (χ2n) is 3.03. The summed E-state index contributed by atoms with van der Waals surface area (Å²) in [5.74, 6) is -1.64. The Morgan fingerprint density at radius 2 is 2.00 bits per heavy atom. The van der Waals surface area contributed by atoms with Gasteiger partial charge in [0.2, 0.25) is 0 Å². The molecule has 5 heteroatoms. The van der Waals surface area contributed by atoms with Gasteiger partial charge in [-0.05, 0) is 40.1 Å². The van der Waals surface area contributed by atoms with E-state index in [0.29, 0.717) is 0 Å². The predicted molar refractivity (Wildman–Crippen MR) is 55.8 cm³/mol. The molecule has 0 aliphatic rings. The molecular formula is C11H7KO3S. The molecule has 0 atom stereocenters. The van der Waals surface area contributed by atoms with E-state index in [2.05, 4.69) is 0 Å². The van der Waals surface area contributed by atoms with Gasteiger partial charge in [-0.15, -0.1) is 0 Å². The number of aromatic carboxylic acids is 1. The number of thiophene rings is 1. The molecular weight excluding hydrogens is 251 g/mol. The normalized spacial score (nSPS) is 9.50. The number of carbonyl (C=O) groups excluding carboxylic acids is 1. The first kappa shape index (κ1) is 13.9. The summed E-state index contributed by atoms with van der Waals surface area (Å²) in [6.45, 7) is 0. The van der Waals surface area contributed by atoms with Crippen LogP contribution in [0.15, 0.2) is 35.0 Å². The Labute approximate surface area is 139 Å². The maximum absolute atomic E-state index is 10.6. The summed E-state index contributed by atoms with van der Waals surface area (Å²) in [4.78, 5) is 10.6. The number of aromatic hydroxyl groups is 1. The number of phenols is 1. The van der Waals surface area contributed by atoms with Crippen molar-refractivity contribution in [3.63, 3.8) is 0 Å². The molecule has 3 nitrogen and oxygen atoms in total. The van der Waals surface area contributed by atoms with Crippen LogP contribution in [0, 0.1) is 0 Å². The SMILES string of the molecule is O=C([O-])c1ccc(-c2ccsc2)cc1O.[K+]. The third-order valence-electron chi connectivity index (χ3n) is 2.07. The van der Waals surface area contributed by atoms with Crippen LogP contribution >= 0.6 is 11.3 Å². The molecule has 0 fully saturated rings. The molecule has 0 bridgehead atoms. The van der Waals surface area contributed by atoms with Crippen LogP contribution in [-0.2, 0) is 0 Å². The number of carboxylic acid groups (broad SMARTS) is 1. The van der Waals surface area contributed by atoms with Crippen molar-refractivity contribution < 1.29 is 66.4 Å². The van der Waals surface area contributed by atoms with E-state index in [1.165, 1.54) is 12.1 Å². The van der Waals surface area contributed by atoms with Crippen LogP contribution in [0.3, 0.4) is 0 Å². The van der Waals surface area contributed by atoms with Crippen LogP contribution in [0.2, 0.25) is 0 Å². The minimum atomic E-state index is -1.37. The van der Waals surface area contributed by atoms with Crippen LogP contribution in [-0.4, -0.2) is 11.1 Å². The first-order valence-electron chi connectivity index (χ1n) is 4.25. The molecule has 1 N–H and O–H groups in total. The molecule has 2 aromatic rings. The third-order valence-corrected chi connectivity index (χ3v) is 2.76. The van der Waals surface area contributed by atoms with Gasteiger partial charge in [-0.3, -0.25) is 0 Å². The maximum Gasteiger partial charge on any atom is 1.00 e. The molecule has 1 aromatic carbocycles. The molecule has 0 aliphatic heterocycles. The van der Waals surface area contributed by atoms with Gasteiger partial charge in [0.1, 0.15) is 5.75 Å². The summed E-state index contributed by atoms with van der Waals surface area (Å²) in [5.41, 5.74) is 1.56. The Morgan fingerprint density at radius 1 is 1.25 bits per heavy atom. The Balaban J connectivity index is 0.00000128. The molecule has 0 aliphatic carbocycles. The van der Waals surface area contributed by atoms with E-state index < -0.39 is 5.97 Å². The van der Waals surface area contributed by atoms with Gasteiger partial charge in [-0.1, -0.05) is 6.07 Å². The molecule has 1 heterocycles. The van der Waals surface area contributed by atoms with Crippen LogP contribution in [0.25, 0.3) is 11.1 Å². The van der Waals surface area contributed by atoms with Crippen molar-refractivity contribution in [3.05, 3.63) is 40.6 Å². The summed E-state index contributed by atoms with van der Waals surface area (Å²) in [6.07, 6.45) is 0. The van der Waals surface area contributed by atoms with Gasteiger partial charge in [0, 0.05) is 5.56 Å². The van der Waals surface area contributed by atoms with E-state index in [1.54, 1.807) is 17.4 Å². The molecule has 2 rings (SSSR count). The molecule has 0 saturated carbocycles. The third kappa shape index (κ3) is 2.94. The van der Waals surface area contributed by atoms with E-state index in [1.807, 2.05) is 16.8 Å². The van der Waals surface area contributed by atoms with Crippen molar-refractivity contribution in [1.82, 2.24) is 0 Å². The monoisotopic (exact) mass is 258 g/mol. The van der Waals surface area contributed by atoms with Gasteiger partial charge < -0.3 is 15.0 Å². The molecule has 1 aromatic heterocycles. The van der Waals surface area contributed by atoms with E-state index in [4.69, 9.17) is 0 Å². The van der Waals surface area contributed by atoms with Crippen LogP contribution in [0.5, 0.6) is 5.75 Å². The van der Waals surface area contributed by atoms with Crippen LogP contribution < -0.4 is 56.5 Å². The van der Waals surface area contributed by atoms with Gasteiger partial charge in [0.15, 0.2) is 0 Å². The molecule has 0 unspecified atom stereocenters. The van der Waals surface area contributed by atoms with Crippen molar-refractivity contribution >= 4 is 17.3 Å². The minimum absolute atomic E-state index is 0. The largest absolute Gasteiger partial charge is 1.00 e. The second-order valence-corrected chi connectivity index (χ2v) is 3.81. The van der Waals surface area contributed by atoms with Crippen molar-refractivity contribution in [2.75, 3.05) is 0 Å². The standard InChI is InChI=1S/C11H8O3S.K/c12-10-5-7(8-3-4-15-6-8)1-2-9(10)11(13)14;/h1-6,12H,(H,13,14);/q;+1/p-1. The summed E-state index contributed by atoms with van der Waals surface area (Å²) in [6, 6.07) is 6.32. The average molecular weight is 258 g/mol. The molecule has 76 valence electrons. The number of benzene rings is 1.